The van der Waals surface area contributed by atoms with Crippen molar-refractivity contribution < 1.29 is 13.2 Å². The smallest absolute Gasteiger partial charge is 0.241 e. The van der Waals surface area contributed by atoms with E-state index in [2.05, 4.69) is 9.62 Å². The number of nitrogens with one attached hydrogen (secondary N) is 1. The summed E-state index contributed by atoms with van der Waals surface area (Å²) in [6.45, 7) is 3.49. The zero-order valence-corrected chi connectivity index (χ0v) is 14.0. The van der Waals surface area contributed by atoms with Gasteiger partial charge in [0, 0.05) is 19.1 Å². The highest BCUT2D eigenvalue weighted by atomic mass is 32.2. The van der Waals surface area contributed by atoms with Crippen LogP contribution in [0.2, 0.25) is 0 Å². The van der Waals surface area contributed by atoms with Crippen LogP contribution < -0.4 is 4.72 Å². The number of carbonyl (C=O) groups excluding carboxylic acids is 1. The second kappa shape index (κ2) is 6.98. The molecular formula is C16H23N3O3S. The van der Waals surface area contributed by atoms with Crippen LogP contribution in [0.1, 0.15) is 19.3 Å². The third-order valence-electron chi connectivity index (χ3n) is 4.64. The van der Waals surface area contributed by atoms with Crippen LogP contribution >= 0.6 is 0 Å². The number of carbonyl (C=O) groups is 1. The summed E-state index contributed by atoms with van der Waals surface area (Å²) < 4.78 is 26.7. The molecule has 126 valence electrons. The first-order valence-corrected chi connectivity index (χ1v) is 9.61. The lowest BCUT2D eigenvalue weighted by molar-refractivity contribution is -0.129. The highest BCUT2D eigenvalue weighted by Crippen LogP contribution is 2.20. The Morgan fingerprint density at radius 2 is 1.83 bits per heavy atom. The van der Waals surface area contributed by atoms with Crippen molar-refractivity contribution in [3.05, 3.63) is 30.3 Å². The minimum absolute atomic E-state index is 0.147. The van der Waals surface area contributed by atoms with Crippen LogP contribution in [0.5, 0.6) is 0 Å². The van der Waals surface area contributed by atoms with Crippen LogP contribution in [0.25, 0.3) is 0 Å². The standard InChI is InChI=1S/C16H23N3O3S/c20-16(12-17-23(21,22)15-6-2-1-3-7-15)19-11-8-14(13-19)18-9-4-5-10-18/h1-3,6-7,14,17H,4-5,8-13H2. The summed E-state index contributed by atoms with van der Waals surface area (Å²) >= 11 is 0. The molecule has 1 amide bonds. The van der Waals surface area contributed by atoms with Gasteiger partial charge in [0.25, 0.3) is 0 Å². The predicted molar refractivity (Wildman–Crippen MR) is 87.4 cm³/mol. The molecule has 2 aliphatic heterocycles. The molecule has 0 bridgehead atoms. The van der Waals surface area contributed by atoms with Crippen LogP contribution in [0.3, 0.4) is 0 Å². The number of hydrogen-bond donors (Lipinski definition) is 1. The van der Waals surface area contributed by atoms with Crippen molar-refractivity contribution in [1.82, 2.24) is 14.5 Å². The first-order chi connectivity index (χ1) is 11.1. The van der Waals surface area contributed by atoms with Gasteiger partial charge in [-0.2, -0.15) is 0 Å². The minimum Gasteiger partial charge on any atom is -0.340 e. The molecule has 2 fully saturated rings. The molecule has 2 heterocycles. The summed E-state index contributed by atoms with van der Waals surface area (Å²) in [6.07, 6.45) is 3.46. The van der Waals surface area contributed by atoms with E-state index in [1.54, 1.807) is 23.1 Å². The molecule has 0 aliphatic carbocycles. The topological polar surface area (TPSA) is 69.7 Å². The Morgan fingerprint density at radius 1 is 1.13 bits per heavy atom. The van der Waals surface area contributed by atoms with E-state index >= 15 is 0 Å². The van der Waals surface area contributed by atoms with Crippen molar-refractivity contribution in [2.24, 2.45) is 0 Å². The van der Waals surface area contributed by atoms with Crippen LogP contribution in [0.4, 0.5) is 0 Å². The molecule has 6 nitrogen and oxygen atoms in total. The SMILES string of the molecule is O=C(CNS(=O)(=O)c1ccccc1)N1CCC(N2CCCC2)C1. The number of rotatable bonds is 5. The van der Waals surface area contributed by atoms with E-state index in [9.17, 15) is 13.2 Å². The molecule has 0 saturated carbocycles. The first kappa shape index (κ1) is 16.4. The maximum Gasteiger partial charge on any atom is 0.241 e. The molecule has 3 rings (SSSR count). The summed E-state index contributed by atoms with van der Waals surface area (Å²) in [5, 5.41) is 0. The van der Waals surface area contributed by atoms with Gasteiger partial charge in [-0.05, 0) is 44.5 Å². The molecule has 0 aromatic heterocycles. The summed E-state index contributed by atoms with van der Waals surface area (Å²) in [5.41, 5.74) is 0. The average Bonchev–Trinajstić information content (AvgIpc) is 3.24. The average molecular weight is 337 g/mol. The van der Waals surface area contributed by atoms with Gasteiger partial charge in [-0.25, -0.2) is 13.1 Å². The molecular weight excluding hydrogens is 314 g/mol. The van der Waals surface area contributed by atoms with Crippen LogP contribution in [0.15, 0.2) is 35.2 Å². The highest BCUT2D eigenvalue weighted by molar-refractivity contribution is 7.89. The molecule has 1 aromatic rings. The molecule has 2 saturated heterocycles. The van der Waals surface area contributed by atoms with Crippen molar-refractivity contribution in [2.45, 2.75) is 30.2 Å². The first-order valence-electron chi connectivity index (χ1n) is 8.13. The molecule has 1 N–H and O–H groups in total. The van der Waals surface area contributed by atoms with Gasteiger partial charge in [0.15, 0.2) is 0 Å². The molecule has 1 aromatic carbocycles. The van der Waals surface area contributed by atoms with Gasteiger partial charge >= 0.3 is 0 Å². The quantitative estimate of drug-likeness (QED) is 0.857. The molecule has 1 atom stereocenters. The van der Waals surface area contributed by atoms with Crippen molar-refractivity contribution in [3.8, 4) is 0 Å². The van der Waals surface area contributed by atoms with E-state index in [0.717, 1.165) is 19.5 Å². The third-order valence-corrected chi connectivity index (χ3v) is 6.06. The fourth-order valence-corrected chi connectivity index (χ4v) is 4.32. The zero-order valence-electron chi connectivity index (χ0n) is 13.1. The van der Waals surface area contributed by atoms with Gasteiger partial charge in [0.1, 0.15) is 0 Å². The fraction of sp³-hybridized carbons (Fsp3) is 0.562. The molecule has 7 heteroatoms. The van der Waals surface area contributed by atoms with Gasteiger partial charge in [-0.1, -0.05) is 18.2 Å². The van der Waals surface area contributed by atoms with Gasteiger partial charge in [-0.15, -0.1) is 0 Å². The number of nitrogens with zero attached hydrogens (tertiary/aromatic N) is 2. The Balaban J connectivity index is 1.52. The second-order valence-electron chi connectivity index (χ2n) is 6.16. The van der Waals surface area contributed by atoms with Crippen molar-refractivity contribution >= 4 is 15.9 Å². The third kappa shape index (κ3) is 3.91. The summed E-state index contributed by atoms with van der Waals surface area (Å²) in [4.78, 5) is 16.7. The maximum atomic E-state index is 12.3. The van der Waals surface area contributed by atoms with Crippen LogP contribution in [-0.4, -0.2) is 62.9 Å². The second-order valence-corrected chi connectivity index (χ2v) is 7.93. The van der Waals surface area contributed by atoms with Crippen LogP contribution in [-0.2, 0) is 14.8 Å². The van der Waals surface area contributed by atoms with Gasteiger partial charge in [-0.3, -0.25) is 9.69 Å². The number of sulfonamides is 1. The fourth-order valence-electron chi connectivity index (χ4n) is 3.32. The van der Waals surface area contributed by atoms with E-state index < -0.39 is 10.0 Å². The Labute approximate surface area is 137 Å². The van der Waals surface area contributed by atoms with Crippen molar-refractivity contribution in [2.75, 3.05) is 32.7 Å². The minimum atomic E-state index is -3.62. The molecule has 2 aliphatic rings. The van der Waals surface area contributed by atoms with E-state index in [1.165, 1.54) is 25.0 Å². The molecule has 23 heavy (non-hydrogen) atoms. The largest absolute Gasteiger partial charge is 0.340 e. The Hall–Kier alpha value is -1.44. The van der Waals surface area contributed by atoms with E-state index in [4.69, 9.17) is 0 Å². The lowest BCUT2D eigenvalue weighted by Crippen LogP contribution is -2.41. The maximum absolute atomic E-state index is 12.3. The van der Waals surface area contributed by atoms with E-state index in [0.29, 0.717) is 19.1 Å². The highest BCUT2D eigenvalue weighted by Gasteiger charge is 2.31. The number of hydrogen-bond acceptors (Lipinski definition) is 4. The Kier molecular flexibility index (Phi) is 4.99. The van der Waals surface area contributed by atoms with Crippen molar-refractivity contribution in [3.63, 3.8) is 0 Å². The zero-order chi connectivity index (χ0) is 16.3. The normalized spacial score (nSPS) is 22.6. The summed E-state index contributed by atoms with van der Waals surface area (Å²) in [6, 6.07) is 8.56. The van der Waals surface area contributed by atoms with Crippen molar-refractivity contribution in [1.29, 1.82) is 0 Å². The molecule has 1 unspecified atom stereocenters. The van der Waals surface area contributed by atoms with E-state index in [-0.39, 0.29) is 17.3 Å². The van der Waals surface area contributed by atoms with Gasteiger partial charge in [0.2, 0.25) is 15.9 Å². The number of amides is 1. The Morgan fingerprint density at radius 3 is 2.52 bits per heavy atom. The predicted octanol–water partition coefficient (Wildman–Crippen LogP) is 0.662. The van der Waals surface area contributed by atoms with Gasteiger partial charge < -0.3 is 4.90 Å². The summed E-state index contributed by atoms with van der Waals surface area (Å²) in [5.74, 6) is -0.147. The summed E-state index contributed by atoms with van der Waals surface area (Å²) in [7, 11) is -3.62. The van der Waals surface area contributed by atoms with E-state index in [1.807, 2.05) is 0 Å². The number of likely N-dealkylation sites (tertiary alicyclic amines) is 2. The lowest BCUT2D eigenvalue weighted by Gasteiger charge is -2.23. The van der Waals surface area contributed by atoms with Crippen LogP contribution in [0, 0.1) is 0 Å². The monoisotopic (exact) mass is 337 g/mol. The lowest BCUT2D eigenvalue weighted by atomic mass is 10.2. The molecule has 0 spiro atoms. The molecule has 0 radical (unpaired) electrons. The Bertz CT molecular complexity index is 642. The number of benzene rings is 1. The van der Waals surface area contributed by atoms with Gasteiger partial charge in [0.05, 0.1) is 11.4 Å².